The number of phenols is 2. The maximum Gasteiger partial charge on any atom is 0.315 e. The van der Waals surface area contributed by atoms with E-state index in [1.807, 2.05) is 6.07 Å². The summed E-state index contributed by atoms with van der Waals surface area (Å²) in [7, 11) is 0. The number of benzene rings is 1. The van der Waals surface area contributed by atoms with E-state index in [0.29, 0.717) is 5.57 Å². The van der Waals surface area contributed by atoms with Crippen molar-refractivity contribution in [3.05, 3.63) is 33.4 Å². The van der Waals surface area contributed by atoms with Gasteiger partial charge >= 0.3 is 5.69 Å². The monoisotopic (exact) mass is 220 g/mol. The molecule has 0 saturated heterocycles. The first-order valence-corrected chi connectivity index (χ1v) is 4.24. The molecule has 0 saturated carbocycles. The summed E-state index contributed by atoms with van der Waals surface area (Å²) >= 11 is 0. The molecule has 0 amide bonds. The SMILES string of the molecule is C/C(C#N)=C\c1cc(O)c(O)c([N+](=O)[O-])c1. The Bertz CT molecular complexity index is 514. The molecule has 1 aromatic carbocycles. The van der Waals surface area contributed by atoms with Gasteiger partial charge in [0.1, 0.15) is 0 Å². The zero-order chi connectivity index (χ0) is 12.3. The molecule has 0 heterocycles. The molecule has 0 aliphatic rings. The van der Waals surface area contributed by atoms with Crippen molar-refractivity contribution in [2.75, 3.05) is 0 Å². The maximum absolute atomic E-state index is 10.5. The number of rotatable bonds is 2. The number of nitriles is 1. The molecule has 6 heteroatoms. The van der Waals surface area contributed by atoms with Gasteiger partial charge in [-0.2, -0.15) is 5.26 Å². The van der Waals surface area contributed by atoms with Crippen LogP contribution in [0.2, 0.25) is 0 Å². The molecule has 0 radical (unpaired) electrons. The number of nitro benzene ring substituents is 1. The average Bonchev–Trinajstić information content (AvgIpc) is 2.22. The minimum atomic E-state index is -0.811. The van der Waals surface area contributed by atoms with E-state index in [0.717, 1.165) is 12.1 Å². The smallest absolute Gasteiger partial charge is 0.315 e. The van der Waals surface area contributed by atoms with E-state index in [2.05, 4.69) is 0 Å². The van der Waals surface area contributed by atoms with Crippen molar-refractivity contribution in [3.63, 3.8) is 0 Å². The Hall–Kier alpha value is -2.55. The second-order valence-electron chi connectivity index (χ2n) is 3.10. The summed E-state index contributed by atoms with van der Waals surface area (Å²) in [5.41, 5.74) is 0.0115. The minimum absolute atomic E-state index is 0.279. The van der Waals surface area contributed by atoms with Crippen molar-refractivity contribution in [2.45, 2.75) is 6.92 Å². The first-order valence-electron chi connectivity index (χ1n) is 4.24. The average molecular weight is 220 g/mol. The van der Waals surface area contributed by atoms with E-state index in [-0.39, 0.29) is 5.56 Å². The Labute approximate surface area is 90.8 Å². The molecule has 0 fully saturated rings. The molecule has 0 spiro atoms. The Morgan fingerprint density at radius 3 is 2.69 bits per heavy atom. The third-order valence-electron chi connectivity index (χ3n) is 1.85. The van der Waals surface area contributed by atoms with Crippen molar-refractivity contribution in [1.29, 1.82) is 5.26 Å². The Morgan fingerprint density at radius 1 is 1.56 bits per heavy atom. The van der Waals surface area contributed by atoms with Gasteiger partial charge in [0.2, 0.25) is 5.75 Å². The molecular weight excluding hydrogens is 212 g/mol. The van der Waals surface area contributed by atoms with Crippen LogP contribution in [0.5, 0.6) is 11.5 Å². The molecule has 82 valence electrons. The summed E-state index contributed by atoms with van der Waals surface area (Å²) in [5.74, 6) is -1.37. The minimum Gasteiger partial charge on any atom is -0.504 e. The molecule has 0 bridgehead atoms. The number of hydrogen-bond donors (Lipinski definition) is 2. The van der Waals surface area contributed by atoms with Crippen LogP contribution < -0.4 is 0 Å². The van der Waals surface area contributed by atoms with Crippen LogP contribution in [0.15, 0.2) is 17.7 Å². The van der Waals surface area contributed by atoms with E-state index in [1.54, 1.807) is 0 Å². The first kappa shape index (κ1) is 11.5. The number of aromatic hydroxyl groups is 2. The number of hydrogen-bond acceptors (Lipinski definition) is 5. The van der Waals surface area contributed by atoms with Gasteiger partial charge in [0.15, 0.2) is 5.75 Å². The summed E-state index contributed by atoms with van der Waals surface area (Å²) < 4.78 is 0. The lowest BCUT2D eigenvalue weighted by Crippen LogP contribution is -1.90. The van der Waals surface area contributed by atoms with Gasteiger partial charge < -0.3 is 10.2 Å². The lowest BCUT2D eigenvalue weighted by molar-refractivity contribution is -0.386. The Kier molecular flexibility index (Phi) is 3.11. The molecule has 1 rings (SSSR count). The lowest BCUT2D eigenvalue weighted by Gasteiger charge is -2.01. The van der Waals surface area contributed by atoms with Crippen molar-refractivity contribution in [2.24, 2.45) is 0 Å². The third-order valence-corrected chi connectivity index (χ3v) is 1.85. The fraction of sp³-hybridized carbons (Fsp3) is 0.100. The van der Waals surface area contributed by atoms with Gasteiger partial charge in [-0.3, -0.25) is 10.1 Å². The van der Waals surface area contributed by atoms with Gasteiger partial charge in [-0.05, 0) is 24.6 Å². The maximum atomic E-state index is 10.5. The Morgan fingerprint density at radius 2 is 2.19 bits per heavy atom. The molecule has 0 aliphatic carbocycles. The van der Waals surface area contributed by atoms with Crippen LogP contribution >= 0.6 is 0 Å². The highest BCUT2D eigenvalue weighted by Gasteiger charge is 2.18. The predicted octanol–water partition coefficient (Wildman–Crippen LogP) is 1.93. The van der Waals surface area contributed by atoms with Crippen molar-refractivity contribution >= 4 is 11.8 Å². The zero-order valence-electron chi connectivity index (χ0n) is 8.34. The predicted molar refractivity (Wildman–Crippen MR) is 55.7 cm³/mol. The summed E-state index contributed by atoms with van der Waals surface area (Å²) in [5, 5.41) is 37.5. The van der Waals surface area contributed by atoms with Gasteiger partial charge in [-0.25, -0.2) is 0 Å². The van der Waals surface area contributed by atoms with Gasteiger partial charge in [0, 0.05) is 11.6 Å². The van der Waals surface area contributed by atoms with Crippen LogP contribution in [-0.2, 0) is 0 Å². The van der Waals surface area contributed by atoms with Crippen LogP contribution in [0, 0.1) is 21.4 Å². The molecule has 0 aromatic heterocycles. The topological polar surface area (TPSA) is 107 Å². The number of allylic oxidation sites excluding steroid dienone is 1. The highest BCUT2D eigenvalue weighted by molar-refractivity contribution is 5.66. The normalized spacial score (nSPS) is 10.9. The molecule has 16 heavy (non-hydrogen) atoms. The van der Waals surface area contributed by atoms with Crippen LogP contribution in [-0.4, -0.2) is 15.1 Å². The highest BCUT2D eigenvalue weighted by Crippen LogP contribution is 2.36. The molecule has 0 aliphatic heterocycles. The highest BCUT2D eigenvalue weighted by atomic mass is 16.6. The molecule has 6 nitrogen and oxygen atoms in total. The fourth-order valence-corrected chi connectivity index (χ4v) is 1.13. The van der Waals surface area contributed by atoms with E-state index in [4.69, 9.17) is 5.26 Å². The number of nitro groups is 1. The van der Waals surface area contributed by atoms with Gasteiger partial charge in [-0.1, -0.05) is 0 Å². The molecule has 1 aromatic rings. The summed E-state index contributed by atoms with van der Waals surface area (Å²) in [6.45, 7) is 1.52. The van der Waals surface area contributed by atoms with E-state index in [9.17, 15) is 20.3 Å². The fourth-order valence-electron chi connectivity index (χ4n) is 1.13. The Balaban J connectivity index is 3.37. The van der Waals surface area contributed by atoms with Gasteiger partial charge in [-0.15, -0.1) is 0 Å². The largest absolute Gasteiger partial charge is 0.504 e. The summed E-state index contributed by atoms with van der Waals surface area (Å²) in [6, 6.07) is 4.06. The van der Waals surface area contributed by atoms with Gasteiger partial charge in [0.25, 0.3) is 0 Å². The van der Waals surface area contributed by atoms with Crippen LogP contribution in [0.1, 0.15) is 12.5 Å². The molecular formula is C10H8N2O4. The summed E-state index contributed by atoms with van der Waals surface area (Å²) in [6.07, 6.45) is 1.37. The third kappa shape index (κ3) is 2.27. The van der Waals surface area contributed by atoms with Crippen molar-refractivity contribution in [1.82, 2.24) is 0 Å². The van der Waals surface area contributed by atoms with E-state index >= 15 is 0 Å². The van der Waals surface area contributed by atoms with Crippen molar-refractivity contribution < 1.29 is 15.1 Å². The van der Waals surface area contributed by atoms with Crippen LogP contribution in [0.3, 0.4) is 0 Å². The van der Waals surface area contributed by atoms with E-state index < -0.39 is 22.1 Å². The quantitative estimate of drug-likeness (QED) is 0.342. The standard InChI is InChI=1S/C10H8N2O4/c1-6(5-11)2-7-3-8(12(15)16)10(14)9(13)4-7/h2-4,13-14H,1H3/b6-2+. The van der Waals surface area contributed by atoms with Crippen LogP contribution in [0.25, 0.3) is 6.08 Å². The second kappa shape index (κ2) is 4.31. The number of nitrogens with zero attached hydrogens (tertiary/aromatic N) is 2. The molecule has 0 atom stereocenters. The second-order valence-corrected chi connectivity index (χ2v) is 3.10. The van der Waals surface area contributed by atoms with E-state index in [1.165, 1.54) is 13.0 Å². The molecule has 0 unspecified atom stereocenters. The van der Waals surface area contributed by atoms with Crippen molar-refractivity contribution in [3.8, 4) is 17.6 Å². The number of phenolic OH excluding ortho intramolecular Hbond substituents is 2. The zero-order valence-corrected chi connectivity index (χ0v) is 8.34. The summed E-state index contributed by atoms with van der Waals surface area (Å²) in [4.78, 5) is 9.72. The van der Waals surface area contributed by atoms with Crippen LogP contribution in [0.4, 0.5) is 5.69 Å². The van der Waals surface area contributed by atoms with Gasteiger partial charge in [0.05, 0.1) is 11.0 Å². The molecule has 2 N–H and O–H groups in total. The first-order chi connectivity index (χ1) is 7.45. The lowest BCUT2D eigenvalue weighted by atomic mass is 10.1.